The summed E-state index contributed by atoms with van der Waals surface area (Å²) in [6.07, 6.45) is 2.03. The van der Waals surface area contributed by atoms with Crippen LogP contribution >= 0.6 is 23.5 Å². The highest BCUT2D eigenvalue weighted by atomic mass is 32.2. The first-order valence-electron chi connectivity index (χ1n) is 6.25. The second kappa shape index (κ2) is 6.33. The molecule has 0 aromatic heterocycles. The molecule has 0 aliphatic carbocycles. The Morgan fingerprint density at radius 3 is 2.15 bits per heavy atom. The fourth-order valence-corrected chi connectivity index (χ4v) is 3.34. The Morgan fingerprint density at radius 2 is 1.55 bits per heavy atom. The van der Waals surface area contributed by atoms with Crippen molar-refractivity contribution in [3.05, 3.63) is 64.8 Å². The molecular weight excluding hydrogens is 287 g/mol. The summed E-state index contributed by atoms with van der Waals surface area (Å²) in [7, 11) is -0.335. The quantitative estimate of drug-likeness (QED) is 0.612. The predicted octanol–water partition coefficient (Wildman–Crippen LogP) is 4.48. The summed E-state index contributed by atoms with van der Waals surface area (Å²) in [6, 6.07) is 18.0. The van der Waals surface area contributed by atoms with Gasteiger partial charge in [-0.05, 0) is 35.9 Å². The molecule has 20 heavy (non-hydrogen) atoms. The molecule has 0 saturated heterocycles. The van der Waals surface area contributed by atoms with Crippen molar-refractivity contribution in [2.45, 2.75) is 4.90 Å². The van der Waals surface area contributed by atoms with Gasteiger partial charge in [-0.25, -0.2) is 0 Å². The van der Waals surface area contributed by atoms with E-state index in [1.165, 1.54) is 4.90 Å². The van der Waals surface area contributed by atoms with E-state index in [1.807, 2.05) is 48.7 Å². The van der Waals surface area contributed by atoms with E-state index in [-0.39, 0.29) is 7.12 Å². The lowest BCUT2D eigenvalue weighted by molar-refractivity contribution is 0.516. The van der Waals surface area contributed by atoms with Crippen LogP contribution in [0.15, 0.2) is 69.7 Å². The molecule has 0 radical (unpaired) electrons. The van der Waals surface area contributed by atoms with Crippen molar-refractivity contribution in [1.82, 2.24) is 0 Å². The van der Waals surface area contributed by atoms with Crippen LogP contribution in [0, 0.1) is 0 Å². The monoisotopic (exact) mass is 300 g/mol. The summed E-state index contributed by atoms with van der Waals surface area (Å²) in [5, 5.41) is 2.09. The van der Waals surface area contributed by atoms with Crippen LogP contribution in [0.2, 0.25) is 0 Å². The van der Waals surface area contributed by atoms with Crippen LogP contribution in [0.25, 0.3) is 0 Å². The number of rotatable bonds is 4. The van der Waals surface area contributed by atoms with Crippen LogP contribution in [0.3, 0.4) is 0 Å². The number of para-hydroxylation sites is 2. The minimum atomic E-state index is -0.335. The van der Waals surface area contributed by atoms with Crippen molar-refractivity contribution in [2.24, 2.45) is 0 Å². The molecule has 2 aromatic rings. The molecule has 0 N–H and O–H groups in total. The fraction of sp³-hybridized carbons (Fsp3) is 0.0667. The molecule has 0 unspecified atom stereocenters. The Balaban J connectivity index is 1.72. The second-order valence-electron chi connectivity index (χ2n) is 4.17. The highest BCUT2D eigenvalue weighted by Crippen LogP contribution is 2.37. The molecule has 0 bridgehead atoms. The van der Waals surface area contributed by atoms with Gasteiger partial charge in [0.15, 0.2) is 0 Å². The molecular formula is C15H13BO2S2. The third-order valence-electron chi connectivity index (χ3n) is 2.84. The Bertz CT molecular complexity index is 591. The maximum Gasteiger partial charge on any atom is 0.640 e. The van der Waals surface area contributed by atoms with Gasteiger partial charge in [-0.1, -0.05) is 42.1 Å². The van der Waals surface area contributed by atoms with Gasteiger partial charge in [0.25, 0.3) is 0 Å². The molecule has 100 valence electrons. The summed E-state index contributed by atoms with van der Waals surface area (Å²) in [4.78, 5) is 2.27. The van der Waals surface area contributed by atoms with Crippen LogP contribution < -0.4 is 9.31 Å². The van der Waals surface area contributed by atoms with E-state index in [4.69, 9.17) is 9.31 Å². The van der Waals surface area contributed by atoms with E-state index in [0.29, 0.717) is 0 Å². The average molecular weight is 300 g/mol. The highest BCUT2D eigenvalue weighted by Gasteiger charge is 2.35. The van der Waals surface area contributed by atoms with Crippen molar-refractivity contribution in [2.75, 3.05) is 6.26 Å². The topological polar surface area (TPSA) is 18.5 Å². The minimum Gasteiger partial charge on any atom is -0.519 e. The zero-order chi connectivity index (χ0) is 13.8. The molecule has 0 amide bonds. The lowest BCUT2D eigenvalue weighted by Gasteiger charge is -2.07. The van der Waals surface area contributed by atoms with Gasteiger partial charge in [-0.3, -0.25) is 0 Å². The molecule has 3 rings (SSSR count). The lowest BCUT2D eigenvalue weighted by atomic mass is 9.91. The molecule has 2 nitrogen and oxygen atoms in total. The lowest BCUT2D eigenvalue weighted by Crippen LogP contribution is -2.26. The van der Waals surface area contributed by atoms with E-state index in [1.54, 1.807) is 23.5 Å². The van der Waals surface area contributed by atoms with E-state index >= 15 is 0 Å². The maximum atomic E-state index is 5.82. The number of thioether (sulfide) groups is 2. The van der Waals surface area contributed by atoms with Crippen LogP contribution in [0.4, 0.5) is 0 Å². The van der Waals surface area contributed by atoms with Crippen molar-refractivity contribution in [1.29, 1.82) is 0 Å². The molecule has 0 atom stereocenters. The Hall–Kier alpha value is -1.46. The Kier molecular flexibility index (Phi) is 4.28. The van der Waals surface area contributed by atoms with Crippen LogP contribution in [-0.4, -0.2) is 13.4 Å². The normalized spacial score (nSPS) is 13.7. The zero-order valence-electron chi connectivity index (χ0n) is 11.0. The Labute approximate surface area is 127 Å². The highest BCUT2D eigenvalue weighted by molar-refractivity contribution is 8.07. The third kappa shape index (κ3) is 2.99. The number of hydrogen-bond donors (Lipinski definition) is 0. The van der Waals surface area contributed by atoms with Gasteiger partial charge < -0.3 is 9.31 Å². The fourth-order valence-electron chi connectivity index (χ4n) is 1.84. The average Bonchev–Trinajstić information content (AvgIpc) is 2.92. The van der Waals surface area contributed by atoms with Gasteiger partial charge in [0.1, 0.15) is 11.5 Å². The van der Waals surface area contributed by atoms with E-state index in [2.05, 4.69) is 17.5 Å². The molecule has 2 aromatic carbocycles. The number of hydrogen-bond acceptors (Lipinski definition) is 4. The SMILES string of the molecule is CS/C(=C\Sc1ccccc1)B1Oc2ccccc2O1. The number of fused-ring (bicyclic) bond motifs is 1. The van der Waals surface area contributed by atoms with Crippen molar-refractivity contribution >= 4 is 30.6 Å². The van der Waals surface area contributed by atoms with Gasteiger partial charge in [-0.2, -0.15) is 0 Å². The Morgan fingerprint density at radius 1 is 0.950 bits per heavy atom. The first kappa shape index (κ1) is 13.5. The van der Waals surface area contributed by atoms with Crippen molar-refractivity contribution in [3.63, 3.8) is 0 Å². The maximum absolute atomic E-state index is 5.82. The molecule has 0 saturated carbocycles. The zero-order valence-corrected chi connectivity index (χ0v) is 12.6. The van der Waals surface area contributed by atoms with Crippen LogP contribution in [0.1, 0.15) is 0 Å². The molecule has 1 aliphatic heterocycles. The van der Waals surface area contributed by atoms with Gasteiger partial charge in [-0.15, -0.1) is 11.8 Å². The predicted molar refractivity (Wildman–Crippen MR) is 87.3 cm³/mol. The summed E-state index contributed by atoms with van der Waals surface area (Å²) < 4.78 is 11.6. The van der Waals surface area contributed by atoms with E-state index in [0.717, 1.165) is 16.3 Å². The largest absolute Gasteiger partial charge is 0.640 e. The molecule has 1 heterocycles. The van der Waals surface area contributed by atoms with Crippen molar-refractivity contribution < 1.29 is 9.31 Å². The third-order valence-corrected chi connectivity index (χ3v) is 4.69. The van der Waals surface area contributed by atoms with Gasteiger partial charge in [0, 0.05) is 4.90 Å². The van der Waals surface area contributed by atoms with Crippen LogP contribution in [-0.2, 0) is 0 Å². The minimum absolute atomic E-state index is 0.335. The van der Waals surface area contributed by atoms with Gasteiger partial charge in [0.05, 0.1) is 4.80 Å². The van der Waals surface area contributed by atoms with Gasteiger partial charge >= 0.3 is 7.12 Å². The first-order chi connectivity index (χ1) is 9.86. The number of benzene rings is 2. The summed E-state index contributed by atoms with van der Waals surface area (Å²) >= 11 is 3.32. The molecule has 5 heteroatoms. The first-order valence-corrected chi connectivity index (χ1v) is 8.35. The summed E-state index contributed by atoms with van der Waals surface area (Å²) in [5.41, 5.74) is 0. The van der Waals surface area contributed by atoms with Crippen molar-refractivity contribution in [3.8, 4) is 11.5 Å². The molecule has 0 spiro atoms. The van der Waals surface area contributed by atoms with Crippen LogP contribution in [0.5, 0.6) is 11.5 Å². The molecule has 0 fully saturated rings. The molecule has 1 aliphatic rings. The van der Waals surface area contributed by atoms with E-state index in [9.17, 15) is 0 Å². The van der Waals surface area contributed by atoms with Gasteiger partial charge in [0.2, 0.25) is 0 Å². The summed E-state index contributed by atoms with van der Waals surface area (Å²) in [6.45, 7) is 0. The smallest absolute Gasteiger partial charge is 0.519 e. The second-order valence-corrected chi connectivity index (χ2v) is 5.99. The van der Waals surface area contributed by atoms with E-state index < -0.39 is 0 Å². The summed E-state index contributed by atoms with van der Waals surface area (Å²) in [5.74, 6) is 1.62. The standard InChI is InChI=1S/C15H13BO2S2/c1-19-15(11-20-12-7-3-2-4-8-12)16-17-13-9-5-6-10-14(13)18-16/h2-11H,1H3/b15-11-.